The first-order valence-electron chi connectivity index (χ1n) is 21.3. The minimum absolute atomic E-state index is 0.566. The molecule has 0 bridgehead atoms. The fourth-order valence-electron chi connectivity index (χ4n) is 9.12. The van der Waals surface area contributed by atoms with Crippen molar-refractivity contribution >= 4 is 43.3 Å². The van der Waals surface area contributed by atoms with Gasteiger partial charge in [0.15, 0.2) is 17.5 Å². The summed E-state index contributed by atoms with van der Waals surface area (Å²) in [5, 5.41) is 8.49. The monoisotopic (exact) mass is 803 g/mol. The van der Waals surface area contributed by atoms with Crippen molar-refractivity contribution in [3.05, 3.63) is 224 Å². The predicted molar refractivity (Wildman–Crippen MR) is 260 cm³/mol. The van der Waals surface area contributed by atoms with Crippen LogP contribution in [-0.4, -0.2) is 15.0 Å². The highest BCUT2D eigenvalue weighted by atomic mass is 16.3. The van der Waals surface area contributed by atoms with E-state index >= 15 is 0 Å². The molecule has 0 atom stereocenters. The van der Waals surface area contributed by atoms with Gasteiger partial charge >= 0.3 is 0 Å². The second-order valence-corrected chi connectivity index (χ2v) is 15.9. The topological polar surface area (TPSA) is 51.8 Å². The van der Waals surface area contributed by atoms with E-state index in [-0.39, 0.29) is 0 Å². The number of furan rings is 1. The third kappa shape index (κ3) is 6.53. The molecule has 294 valence electrons. The molecule has 0 radical (unpaired) electrons. The second kappa shape index (κ2) is 15.2. The summed E-state index contributed by atoms with van der Waals surface area (Å²) in [7, 11) is 0. The van der Waals surface area contributed by atoms with Crippen LogP contribution in [0.15, 0.2) is 229 Å². The molecule has 0 aliphatic heterocycles. The summed E-state index contributed by atoms with van der Waals surface area (Å²) in [5.41, 5.74) is 11.1. The molecule has 12 aromatic rings. The maximum atomic E-state index is 6.42. The summed E-state index contributed by atoms with van der Waals surface area (Å²) in [6.45, 7) is 0. The van der Waals surface area contributed by atoms with Crippen LogP contribution in [0.3, 0.4) is 0 Å². The maximum Gasteiger partial charge on any atom is 0.164 e. The third-order valence-electron chi connectivity index (χ3n) is 12.1. The van der Waals surface area contributed by atoms with E-state index in [1.165, 1.54) is 43.4 Å². The van der Waals surface area contributed by atoms with E-state index in [9.17, 15) is 0 Å². The van der Waals surface area contributed by atoms with Gasteiger partial charge in [-0.25, -0.2) is 15.0 Å². The Labute approximate surface area is 364 Å². The lowest BCUT2D eigenvalue weighted by Crippen LogP contribution is -2.02. The van der Waals surface area contributed by atoms with Gasteiger partial charge in [0, 0.05) is 27.6 Å². The van der Waals surface area contributed by atoms with Gasteiger partial charge in [-0.1, -0.05) is 194 Å². The zero-order valence-corrected chi connectivity index (χ0v) is 34.1. The molecule has 0 saturated carbocycles. The van der Waals surface area contributed by atoms with Gasteiger partial charge in [0.2, 0.25) is 0 Å². The van der Waals surface area contributed by atoms with Gasteiger partial charge in [0.05, 0.1) is 0 Å². The van der Waals surface area contributed by atoms with E-state index in [0.717, 1.165) is 61.2 Å². The van der Waals surface area contributed by atoms with Crippen molar-refractivity contribution in [2.45, 2.75) is 0 Å². The van der Waals surface area contributed by atoms with Crippen molar-refractivity contribution in [2.75, 3.05) is 0 Å². The Balaban J connectivity index is 1.02. The number of rotatable bonds is 7. The smallest absolute Gasteiger partial charge is 0.164 e. The zero-order chi connectivity index (χ0) is 41.7. The van der Waals surface area contributed by atoms with E-state index in [2.05, 4.69) is 182 Å². The fraction of sp³-hybridized carbons (Fsp3) is 0. The van der Waals surface area contributed by atoms with Gasteiger partial charge in [-0.05, 0) is 96.0 Å². The normalized spacial score (nSPS) is 11.5. The van der Waals surface area contributed by atoms with Gasteiger partial charge in [-0.15, -0.1) is 0 Å². The first-order chi connectivity index (χ1) is 31.2. The molecule has 0 unspecified atom stereocenters. The quantitative estimate of drug-likeness (QED) is 0.119. The molecule has 12 rings (SSSR count). The average Bonchev–Trinajstić information content (AvgIpc) is 3.80. The Morgan fingerprint density at radius 3 is 1.57 bits per heavy atom. The second-order valence-electron chi connectivity index (χ2n) is 15.9. The summed E-state index contributed by atoms with van der Waals surface area (Å²) in [6, 6.07) is 78.8. The first kappa shape index (κ1) is 36.4. The van der Waals surface area contributed by atoms with Crippen LogP contribution in [-0.2, 0) is 0 Å². The molecule has 4 nitrogen and oxygen atoms in total. The van der Waals surface area contributed by atoms with Crippen LogP contribution < -0.4 is 0 Å². The number of aromatic nitrogens is 3. The van der Waals surface area contributed by atoms with Gasteiger partial charge in [-0.2, -0.15) is 0 Å². The summed E-state index contributed by atoms with van der Waals surface area (Å²) in [4.78, 5) is 15.8. The van der Waals surface area contributed by atoms with E-state index < -0.39 is 0 Å². The lowest BCUT2D eigenvalue weighted by Gasteiger charge is -2.15. The molecule has 63 heavy (non-hydrogen) atoms. The van der Waals surface area contributed by atoms with E-state index in [1.54, 1.807) is 0 Å². The van der Waals surface area contributed by atoms with Crippen LogP contribution in [0.25, 0.3) is 122 Å². The Hall–Kier alpha value is -8.47. The fourth-order valence-corrected chi connectivity index (χ4v) is 9.12. The van der Waals surface area contributed by atoms with Crippen molar-refractivity contribution in [2.24, 2.45) is 0 Å². The minimum Gasteiger partial charge on any atom is -0.456 e. The van der Waals surface area contributed by atoms with Crippen molar-refractivity contribution in [1.29, 1.82) is 0 Å². The number of para-hydroxylation sites is 1. The minimum atomic E-state index is 0.566. The van der Waals surface area contributed by atoms with E-state index in [1.807, 2.05) is 42.5 Å². The van der Waals surface area contributed by atoms with Crippen LogP contribution in [0.4, 0.5) is 0 Å². The Bertz CT molecular complexity index is 3670. The van der Waals surface area contributed by atoms with Gasteiger partial charge in [0.25, 0.3) is 0 Å². The zero-order valence-electron chi connectivity index (χ0n) is 34.1. The van der Waals surface area contributed by atoms with Gasteiger partial charge in [0.1, 0.15) is 11.3 Å². The average molecular weight is 804 g/mol. The van der Waals surface area contributed by atoms with Gasteiger partial charge in [-0.3, -0.25) is 0 Å². The highest BCUT2D eigenvalue weighted by molar-refractivity contribution is 6.20. The Kier molecular flexibility index (Phi) is 8.79. The molecule has 0 spiro atoms. The lowest BCUT2D eigenvalue weighted by atomic mass is 9.89. The highest BCUT2D eigenvalue weighted by Gasteiger charge is 2.20. The molecule has 0 N–H and O–H groups in total. The summed E-state index contributed by atoms with van der Waals surface area (Å²) in [5.74, 6) is 2.50. The Morgan fingerprint density at radius 2 is 0.810 bits per heavy atom. The van der Waals surface area contributed by atoms with Crippen LogP contribution >= 0.6 is 0 Å². The number of benzene rings is 10. The Morgan fingerprint density at radius 1 is 0.270 bits per heavy atom. The van der Waals surface area contributed by atoms with Crippen molar-refractivity contribution in [3.8, 4) is 78.9 Å². The standard InChI is InChI=1S/C59H37N3O/c1-2-16-38(17-3-1)46-25-9-11-29-51(46)58-60-57(61-59(62-58)52-30-12-10-28-49(52)55-37-43-20-6-13-31-54(43)63-55)45-24-15-22-41(35-45)40-21-14-23-44(34-40)56-48-27-8-5-19-42(48)36-53-47-26-7-4-18-39(47)32-33-50(53)56/h1-37H. The number of fused-ring (bicyclic) bond motifs is 5. The molecule has 0 fully saturated rings. The number of nitrogens with zero attached hydrogens (tertiary/aromatic N) is 3. The first-order valence-corrected chi connectivity index (χ1v) is 21.3. The third-order valence-corrected chi connectivity index (χ3v) is 12.1. The molecule has 0 aliphatic rings. The van der Waals surface area contributed by atoms with Crippen LogP contribution in [0.1, 0.15) is 0 Å². The maximum absolute atomic E-state index is 6.42. The highest BCUT2D eigenvalue weighted by Crippen LogP contribution is 2.42. The van der Waals surface area contributed by atoms with E-state index in [4.69, 9.17) is 19.4 Å². The molecule has 0 aliphatic carbocycles. The molecule has 2 heterocycles. The van der Waals surface area contributed by atoms with Crippen LogP contribution in [0.5, 0.6) is 0 Å². The predicted octanol–water partition coefficient (Wildman–Crippen LogP) is 15.7. The molecule has 2 aromatic heterocycles. The largest absolute Gasteiger partial charge is 0.456 e. The molecular formula is C59H37N3O. The SMILES string of the molecule is c1ccc(-c2ccccc2-c2nc(-c3cccc(-c4cccc(-c5c6ccccc6cc6c5ccc5ccccc56)c4)c3)nc(-c3ccccc3-c3cc4ccccc4o3)n2)cc1. The number of hydrogen-bond acceptors (Lipinski definition) is 4. The van der Waals surface area contributed by atoms with Crippen LogP contribution in [0, 0.1) is 0 Å². The number of hydrogen-bond donors (Lipinski definition) is 0. The molecule has 0 amide bonds. The van der Waals surface area contributed by atoms with Crippen molar-refractivity contribution in [1.82, 2.24) is 15.0 Å². The summed E-state index contributed by atoms with van der Waals surface area (Å²) < 4.78 is 6.42. The summed E-state index contributed by atoms with van der Waals surface area (Å²) >= 11 is 0. The van der Waals surface area contributed by atoms with Gasteiger partial charge < -0.3 is 4.42 Å². The molecular weight excluding hydrogens is 767 g/mol. The molecule has 4 heteroatoms. The van der Waals surface area contributed by atoms with Crippen molar-refractivity contribution in [3.63, 3.8) is 0 Å². The molecule has 0 saturated heterocycles. The van der Waals surface area contributed by atoms with Crippen molar-refractivity contribution < 1.29 is 4.42 Å². The molecule has 10 aromatic carbocycles. The lowest BCUT2D eigenvalue weighted by molar-refractivity contribution is 0.631. The van der Waals surface area contributed by atoms with E-state index in [0.29, 0.717) is 17.5 Å². The summed E-state index contributed by atoms with van der Waals surface area (Å²) in [6.07, 6.45) is 0. The van der Waals surface area contributed by atoms with Crippen LogP contribution in [0.2, 0.25) is 0 Å².